The minimum atomic E-state index is -0.950. The normalized spacial score (nSPS) is 22.7. The average molecular weight is 292 g/mol. The highest BCUT2D eigenvalue weighted by atomic mass is 16.5. The van der Waals surface area contributed by atoms with E-state index in [1.54, 1.807) is 11.8 Å². The molecule has 2 amide bonds. The summed E-state index contributed by atoms with van der Waals surface area (Å²) in [5, 5.41) is 9.03. The molecule has 3 aliphatic rings. The van der Waals surface area contributed by atoms with Gasteiger partial charge in [-0.05, 0) is 25.3 Å². The maximum absolute atomic E-state index is 12.5. The van der Waals surface area contributed by atoms with Gasteiger partial charge in [0.2, 0.25) is 0 Å². The molecule has 112 valence electrons. The monoisotopic (exact) mass is 292 g/mol. The molecule has 0 atom stereocenters. The van der Waals surface area contributed by atoms with E-state index in [-0.39, 0.29) is 18.5 Å². The van der Waals surface area contributed by atoms with Gasteiger partial charge in [0.15, 0.2) is 0 Å². The number of carbonyl (C=O) groups is 3. The molecule has 0 aliphatic carbocycles. The SMILES string of the molecule is CC1=C(N2CC3=C(CCN(C(=O)O)CC3)C2=O)COC1=O. The van der Waals surface area contributed by atoms with Gasteiger partial charge in [-0.1, -0.05) is 0 Å². The number of carboxylic acid groups (broad SMARTS) is 1. The minimum absolute atomic E-state index is 0.120. The van der Waals surface area contributed by atoms with Gasteiger partial charge in [0.05, 0.1) is 11.3 Å². The van der Waals surface area contributed by atoms with Crippen molar-refractivity contribution in [3.05, 3.63) is 22.4 Å². The number of hydrogen-bond acceptors (Lipinski definition) is 4. The molecule has 0 saturated heterocycles. The van der Waals surface area contributed by atoms with E-state index in [1.807, 2.05) is 0 Å². The Morgan fingerprint density at radius 2 is 1.95 bits per heavy atom. The highest BCUT2D eigenvalue weighted by Crippen LogP contribution is 2.32. The maximum atomic E-state index is 12.5. The third kappa shape index (κ3) is 2.18. The second-order valence-corrected chi connectivity index (χ2v) is 5.39. The number of carbonyl (C=O) groups excluding carboxylic acids is 2. The van der Waals surface area contributed by atoms with Crippen molar-refractivity contribution in [2.24, 2.45) is 0 Å². The van der Waals surface area contributed by atoms with Crippen LogP contribution in [0.2, 0.25) is 0 Å². The molecule has 0 unspecified atom stereocenters. The lowest BCUT2D eigenvalue weighted by atomic mass is 10.1. The summed E-state index contributed by atoms with van der Waals surface area (Å²) in [5.41, 5.74) is 2.78. The molecule has 0 radical (unpaired) electrons. The van der Waals surface area contributed by atoms with E-state index in [2.05, 4.69) is 0 Å². The summed E-state index contributed by atoms with van der Waals surface area (Å²) >= 11 is 0. The standard InChI is InChI=1S/C14H16N2O5/c1-8-11(7-21-13(8)18)16-6-9-2-4-15(14(19)20)5-3-10(9)12(16)17/h2-7H2,1H3,(H,19,20). The summed E-state index contributed by atoms with van der Waals surface area (Å²) in [7, 11) is 0. The zero-order chi connectivity index (χ0) is 15.1. The summed E-state index contributed by atoms with van der Waals surface area (Å²) < 4.78 is 4.95. The van der Waals surface area contributed by atoms with Crippen molar-refractivity contribution in [1.29, 1.82) is 0 Å². The highest BCUT2D eigenvalue weighted by Gasteiger charge is 2.37. The smallest absolute Gasteiger partial charge is 0.407 e. The number of ether oxygens (including phenoxy) is 1. The van der Waals surface area contributed by atoms with Crippen LogP contribution in [-0.4, -0.2) is 59.1 Å². The number of nitrogens with zero attached hydrogens (tertiary/aromatic N) is 2. The molecule has 7 nitrogen and oxygen atoms in total. The molecule has 0 bridgehead atoms. The van der Waals surface area contributed by atoms with Crippen LogP contribution in [0.25, 0.3) is 0 Å². The van der Waals surface area contributed by atoms with E-state index < -0.39 is 6.09 Å². The molecule has 0 spiro atoms. The second kappa shape index (κ2) is 4.91. The summed E-state index contributed by atoms with van der Waals surface area (Å²) in [5.74, 6) is -0.498. The fraction of sp³-hybridized carbons (Fsp3) is 0.500. The van der Waals surface area contributed by atoms with Crippen LogP contribution < -0.4 is 0 Å². The van der Waals surface area contributed by atoms with Gasteiger partial charge in [0, 0.05) is 25.2 Å². The molecule has 0 aromatic carbocycles. The van der Waals surface area contributed by atoms with Gasteiger partial charge in [0.25, 0.3) is 5.91 Å². The van der Waals surface area contributed by atoms with Crippen LogP contribution >= 0.6 is 0 Å². The van der Waals surface area contributed by atoms with Crippen molar-refractivity contribution in [3.63, 3.8) is 0 Å². The maximum Gasteiger partial charge on any atom is 0.407 e. The summed E-state index contributed by atoms with van der Waals surface area (Å²) in [4.78, 5) is 37.9. The largest absolute Gasteiger partial charge is 0.465 e. The van der Waals surface area contributed by atoms with Crippen LogP contribution in [0, 0.1) is 0 Å². The van der Waals surface area contributed by atoms with Crippen LogP contribution in [0.15, 0.2) is 22.4 Å². The lowest BCUT2D eigenvalue weighted by Gasteiger charge is -2.21. The Kier molecular flexibility index (Phi) is 3.19. The molecule has 1 N–H and O–H groups in total. The molecule has 0 aromatic rings. The van der Waals surface area contributed by atoms with Gasteiger partial charge in [-0.3, -0.25) is 4.79 Å². The zero-order valence-electron chi connectivity index (χ0n) is 11.7. The fourth-order valence-electron chi connectivity index (χ4n) is 2.97. The van der Waals surface area contributed by atoms with Crippen molar-refractivity contribution in [3.8, 4) is 0 Å². The Bertz CT molecular complexity index is 604. The van der Waals surface area contributed by atoms with Crippen molar-refractivity contribution < 1.29 is 24.2 Å². The van der Waals surface area contributed by atoms with Crippen molar-refractivity contribution in [2.45, 2.75) is 19.8 Å². The van der Waals surface area contributed by atoms with E-state index >= 15 is 0 Å². The number of hydrogen-bond donors (Lipinski definition) is 1. The number of amides is 2. The van der Waals surface area contributed by atoms with Crippen LogP contribution in [0.1, 0.15) is 19.8 Å². The van der Waals surface area contributed by atoms with Crippen LogP contribution in [-0.2, 0) is 14.3 Å². The summed E-state index contributed by atoms with van der Waals surface area (Å²) in [6, 6.07) is 0. The predicted octanol–water partition coefficient (Wildman–Crippen LogP) is 0.730. The molecule has 3 rings (SSSR count). The first-order valence-corrected chi connectivity index (χ1v) is 6.86. The van der Waals surface area contributed by atoms with Crippen LogP contribution in [0.3, 0.4) is 0 Å². The van der Waals surface area contributed by atoms with E-state index in [9.17, 15) is 14.4 Å². The van der Waals surface area contributed by atoms with Crippen molar-refractivity contribution in [2.75, 3.05) is 26.2 Å². The molecule has 21 heavy (non-hydrogen) atoms. The van der Waals surface area contributed by atoms with Gasteiger partial charge in [-0.15, -0.1) is 0 Å². The van der Waals surface area contributed by atoms with E-state index in [0.29, 0.717) is 49.3 Å². The van der Waals surface area contributed by atoms with Crippen LogP contribution in [0.4, 0.5) is 4.79 Å². The lowest BCUT2D eigenvalue weighted by molar-refractivity contribution is -0.136. The van der Waals surface area contributed by atoms with Gasteiger partial charge >= 0.3 is 12.1 Å². The van der Waals surface area contributed by atoms with E-state index in [0.717, 1.165) is 5.57 Å². The third-order valence-corrected chi connectivity index (χ3v) is 4.27. The van der Waals surface area contributed by atoms with Gasteiger partial charge in [-0.25, -0.2) is 9.59 Å². The first-order chi connectivity index (χ1) is 9.99. The first-order valence-electron chi connectivity index (χ1n) is 6.86. The quantitative estimate of drug-likeness (QED) is 0.720. The Labute approximate surface area is 121 Å². The predicted molar refractivity (Wildman–Crippen MR) is 71.2 cm³/mol. The molecule has 0 saturated carbocycles. The molecular weight excluding hydrogens is 276 g/mol. The molecule has 3 heterocycles. The Morgan fingerprint density at radius 3 is 2.57 bits per heavy atom. The molecular formula is C14H16N2O5. The minimum Gasteiger partial charge on any atom is -0.465 e. The van der Waals surface area contributed by atoms with E-state index in [1.165, 1.54) is 4.90 Å². The second-order valence-electron chi connectivity index (χ2n) is 5.39. The third-order valence-electron chi connectivity index (χ3n) is 4.27. The summed E-state index contributed by atoms with van der Waals surface area (Å²) in [6.45, 7) is 2.97. The van der Waals surface area contributed by atoms with Crippen molar-refractivity contribution >= 4 is 18.0 Å². The van der Waals surface area contributed by atoms with Gasteiger partial charge < -0.3 is 19.6 Å². The number of esters is 1. The topological polar surface area (TPSA) is 87.2 Å². The molecule has 0 fully saturated rings. The lowest BCUT2D eigenvalue weighted by Crippen LogP contribution is -2.33. The van der Waals surface area contributed by atoms with E-state index in [4.69, 9.17) is 9.84 Å². The Morgan fingerprint density at radius 1 is 1.24 bits per heavy atom. The molecule has 0 aromatic heterocycles. The van der Waals surface area contributed by atoms with Gasteiger partial charge in [-0.2, -0.15) is 0 Å². The van der Waals surface area contributed by atoms with Crippen LogP contribution in [0.5, 0.6) is 0 Å². The number of rotatable bonds is 1. The number of cyclic esters (lactones) is 1. The van der Waals surface area contributed by atoms with Crippen molar-refractivity contribution in [1.82, 2.24) is 9.80 Å². The Hall–Kier alpha value is -2.31. The summed E-state index contributed by atoms with van der Waals surface area (Å²) in [6.07, 6.45) is 0.0390. The first kappa shape index (κ1) is 13.7. The van der Waals surface area contributed by atoms with Gasteiger partial charge in [0.1, 0.15) is 6.61 Å². The zero-order valence-corrected chi connectivity index (χ0v) is 11.7. The molecule has 3 aliphatic heterocycles. The molecule has 7 heteroatoms. The Balaban J connectivity index is 1.79. The fourth-order valence-corrected chi connectivity index (χ4v) is 2.97. The highest BCUT2D eigenvalue weighted by molar-refractivity contribution is 6.00. The average Bonchev–Trinajstić information content (AvgIpc) is 2.84.